The normalized spacial score (nSPS) is 26.9. The van der Waals surface area contributed by atoms with E-state index in [1.54, 1.807) is 12.4 Å². The van der Waals surface area contributed by atoms with Gasteiger partial charge in [0.2, 0.25) is 0 Å². The van der Waals surface area contributed by atoms with E-state index in [2.05, 4.69) is 28.7 Å². The quantitative estimate of drug-likeness (QED) is 0.826. The van der Waals surface area contributed by atoms with Crippen molar-refractivity contribution in [3.63, 3.8) is 0 Å². The summed E-state index contributed by atoms with van der Waals surface area (Å²) in [5, 5.41) is 0. The molecule has 0 aliphatic carbocycles. The highest BCUT2D eigenvalue weighted by atomic mass is 15.2. The Morgan fingerprint density at radius 2 is 1.94 bits per heavy atom. The molecule has 4 nitrogen and oxygen atoms in total. The lowest BCUT2D eigenvalue weighted by Crippen LogP contribution is -2.43. The van der Waals surface area contributed by atoms with E-state index < -0.39 is 0 Å². The van der Waals surface area contributed by atoms with Crippen molar-refractivity contribution in [3.05, 3.63) is 18.1 Å². The van der Waals surface area contributed by atoms with E-state index in [0.29, 0.717) is 17.9 Å². The molecule has 2 rings (SSSR count). The van der Waals surface area contributed by atoms with Crippen molar-refractivity contribution in [2.24, 2.45) is 0 Å². The molecule has 88 valence electrons. The second-order valence-corrected chi connectivity index (χ2v) is 4.73. The van der Waals surface area contributed by atoms with Gasteiger partial charge in [0, 0.05) is 18.6 Å². The summed E-state index contributed by atoms with van der Waals surface area (Å²) in [6.45, 7) is 5.47. The number of nitrogens with zero attached hydrogens (tertiary/aromatic N) is 3. The van der Waals surface area contributed by atoms with Gasteiger partial charge in [-0.15, -0.1) is 0 Å². The second-order valence-electron chi connectivity index (χ2n) is 4.73. The molecule has 1 aliphatic heterocycles. The Hall–Kier alpha value is -1.16. The first-order valence-corrected chi connectivity index (χ1v) is 5.99. The minimum absolute atomic E-state index is 0.489. The summed E-state index contributed by atoms with van der Waals surface area (Å²) in [6.07, 6.45) is 7.32. The number of likely N-dealkylation sites (tertiary alicyclic amines) is 1. The molecule has 0 saturated carbocycles. The van der Waals surface area contributed by atoms with Crippen LogP contribution in [-0.2, 0) is 6.54 Å². The Morgan fingerprint density at radius 3 is 2.50 bits per heavy atom. The van der Waals surface area contributed by atoms with Crippen LogP contribution < -0.4 is 5.73 Å². The van der Waals surface area contributed by atoms with Crippen LogP contribution in [0, 0.1) is 0 Å². The maximum atomic E-state index is 5.53. The Kier molecular flexibility index (Phi) is 3.39. The largest absolute Gasteiger partial charge is 0.382 e. The van der Waals surface area contributed by atoms with Gasteiger partial charge in [0.15, 0.2) is 0 Å². The van der Waals surface area contributed by atoms with Gasteiger partial charge in [-0.3, -0.25) is 9.88 Å². The molecule has 1 saturated heterocycles. The Morgan fingerprint density at radius 1 is 1.25 bits per heavy atom. The third kappa shape index (κ3) is 2.50. The molecule has 2 atom stereocenters. The van der Waals surface area contributed by atoms with Gasteiger partial charge in [-0.25, -0.2) is 4.98 Å². The van der Waals surface area contributed by atoms with Gasteiger partial charge in [-0.1, -0.05) is 6.42 Å². The van der Waals surface area contributed by atoms with E-state index in [9.17, 15) is 0 Å². The smallest absolute Gasteiger partial charge is 0.141 e. The standard InChI is InChI=1S/C12H20N4/c1-9-4-3-5-10(2)16(9)8-11-6-15-12(13)7-14-11/h6-7,9-10H,3-5,8H2,1-2H3,(H2,13,15)/t9-,10+. The number of nitrogens with two attached hydrogens (primary N) is 1. The molecule has 0 bridgehead atoms. The molecule has 0 spiro atoms. The zero-order chi connectivity index (χ0) is 11.5. The molecule has 16 heavy (non-hydrogen) atoms. The Balaban J connectivity index is 2.04. The van der Waals surface area contributed by atoms with Crippen LogP contribution in [0.1, 0.15) is 38.8 Å². The Labute approximate surface area is 96.9 Å². The van der Waals surface area contributed by atoms with Crippen LogP contribution in [0.2, 0.25) is 0 Å². The van der Waals surface area contributed by atoms with Crippen LogP contribution in [-0.4, -0.2) is 27.0 Å². The van der Waals surface area contributed by atoms with Gasteiger partial charge < -0.3 is 5.73 Å². The fourth-order valence-electron chi connectivity index (χ4n) is 2.42. The summed E-state index contributed by atoms with van der Waals surface area (Å²) in [6, 6.07) is 1.28. The topological polar surface area (TPSA) is 55.0 Å². The number of hydrogen-bond acceptors (Lipinski definition) is 4. The highest BCUT2D eigenvalue weighted by Crippen LogP contribution is 2.23. The van der Waals surface area contributed by atoms with Crippen LogP contribution in [0.15, 0.2) is 12.4 Å². The SMILES string of the molecule is C[C@@H]1CCC[C@H](C)N1Cc1cnc(N)cn1. The van der Waals surface area contributed by atoms with Crippen molar-refractivity contribution in [2.75, 3.05) is 5.73 Å². The molecular weight excluding hydrogens is 200 g/mol. The maximum Gasteiger partial charge on any atom is 0.141 e. The summed E-state index contributed by atoms with van der Waals surface area (Å²) in [5.41, 5.74) is 6.54. The average molecular weight is 220 g/mol. The van der Waals surface area contributed by atoms with Crippen molar-refractivity contribution in [1.82, 2.24) is 14.9 Å². The van der Waals surface area contributed by atoms with Gasteiger partial charge in [-0.05, 0) is 26.7 Å². The average Bonchev–Trinajstić information content (AvgIpc) is 2.26. The van der Waals surface area contributed by atoms with Crippen molar-refractivity contribution < 1.29 is 0 Å². The van der Waals surface area contributed by atoms with E-state index in [1.165, 1.54) is 19.3 Å². The Bertz CT molecular complexity index is 325. The number of hydrogen-bond donors (Lipinski definition) is 1. The molecule has 2 N–H and O–H groups in total. The van der Waals surface area contributed by atoms with E-state index in [-0.39, 0.29) is 0 Å². The van der Waals surface area contributed by atoms with Crippen LogP contribution in [0.5, 0.6) is 0 Å². The van der Waals surface area contributed by atoms with Gasteiger partial charge >= 0.3 is 0 Å². The van der Waals surface area contributed by atoms with Crippen molar-refractivity contribution >= 4 is 5.82 Å². The first-order chi connectivity index (χ1) is 7.66. The van der Waals surface area contributed by atoms with Gasteiger partial charge in [0.1, 0.15) is 5.82 Å². The number of rotatable bonds is 2. The lowest BCUT2D eigenvalue weighted by molar-refractivity contribution is 0.0937. The number of nitrogen functional groups attached to an aromatic ring is 1. The van der Waals surface area contributed by atoms with Gasteiger partial charge in [-0.2, -0.15) is 0 Å². The highest BCUT2D eigenvalue weighted by Gasteiger charge is 2.24. The molecule has 0 aromatic carbocycles. The first kappa shape index (κ1) is 11.3. The van der Waals surface area contributed by atoms with Crippen LogP contribution in [0.3, 0.4) is 0 Å². The molecular formula is C12H20N4. The minimum Gasteiger partial charge on any atom is -0.382 e. The van der Waals surface area contributed by atoms with Gasteiger partial charge in [0.05, 0.1) is 18.1 Å². The van der Waals surface area contributed by atoms with E-state index in [4.69, 9.17) is 5.73 Å². The lowest BCUT2D eigenvalue weighted by Gasteiger charge is -2.38. The number of aromatic nitrogens is 2. The molecule has 2 heterocycles. The summed E-state index contributed by atoms with van der Waals surface area (Å²) < 4.78 is 0. The summed E-state index contributed by atoms with van der Waals surface area (Å²) in [4.78, 5) is 10.9. The molecule has 0 radical (unpaired) electrons. The predicted octanol–water partition coefficient (Wildman–Crippen LogP) is 1.82. The van der Waals surface area contributed by atoms with Crippen molar-refractivity contribution in [1.29, 1.82) is 0 Å². The van der Waals surface area contributed by atoms with Crippen molar-refractivity contribution in [3.8, 4) is 0 Å². The molecule has 0 amide bonds. The van der Waals surface area contributed by atoms with Gasteiger partial charge in [0.25, 0.3) is 0 Å². The predicted molar refractivity (Wildman–Crippen MR) is 64.8 cm³/mol. The molecule has 4 heteroatoms. The zero-order valence-corrected chi connectivity index (χ0v) is 10.1. The molecule has 0 unspecified atom stereocenters. The van der Waals surface area contributed by atoms with Crippen LogP contribution >= 0.6 is 0 Å². The number of anilines is 1. The molecule has 1 aliphatic rings. The highest BCUT2D eigenvalue weighted by molar-refractivity contribution is 5.22. The van der Waals surface area contributed by atoms with Crippen molar-refractivity contribution in [2.45, 2.75) is 51.7 Å². The van der Waals surface area contributed by atoms with E-state index >= 15 is 0 Å². The molecule has 1 fully saturated rings. The fourth-order valence-corrected chi connectivity index (χ4v) is 2.42. The molecule has 1 aromatic heterocycles. The lowest BCUT2D eigenvalue weighted by atomic mass is 9.97. The summed E-state index contributed by atoms with van der Waals surface area (Å²) in [7, 11) is 0. The number of piperidine rings is 1. The summed E-state index contributed by atoms with van der Waals surface area (Å²) in [5.74, 6) is 0.489. The fraction of sp³-hybridized carbons (Fsp3) is 0.667. The monoisotopic (exact) mass is 220 g/mol. The van der Waals surface area contributed by atoms with Crippen LogP contribution in [0.25, 0.3) is 0 Å². The van der Waals surface area contributed by atoms with E-state index in [1.807, 2.05) is 0 Å². The third-order valence-corrected chi connectivity index (χ3v) is 3.45. The zero-order valence-electron chi connectivity index (χ0n) is 10.1. The van der Waals surface area contributed by atoms with Crippen LogP contribution in [0.4, 0.5) is 5.82 Å². The minimum atomic E-state index is 0.489. The maximum absolute atomic E-state index is 5.53. The molecule has 1 aromatic rings. The third-order valence-electron chi connectivity index (χ3n) is 3.45. The first-order valence-electron chi connectivity index (χ1n) is 5.99. The summed E-state index contributed by atoms with van der Waals surface area (Å²) >= 11 is 0. The van der Waals surface area contributed by atoms with E-state index in [0.717, 1.165) is 12.2 Å². The second kappa shape index (κ2) is 4.78.